The maximum absolute atomic E-state index is 11.7. The van der Waals surface area contributed by atoms with Gasteiger partial charge in [0, 0.05) is 18.1 Å². The summed E-state index contributed by atoms with van der Waals surface area (Å²) in [5.41, 5.74) is 0.331. The van der Waals surface area contributed by atoms with Crippen molar-refractivity contribution in [3.05, 3.63) is 35.0 Å². The summed E-state index contributed by atoms with van der Waals surface area (Å²) in [7, 11) is -1.46. The summed E-state index contributed by atoms with van der Waals surface area (Å²) < 4.78 is 23.3. The van der Waals surface area contributed by atoms with Crippen molar-refractivity contribution >= 4 is 33.2 Å². The Morgan fingerprint density at radius 2 is 2.00 bits per heavy atom. The average Bonchev–Trinajstić information content (AvgIpc) is 3.11. The van der Waals surface area contributed by atoms with Crippen molar-refractivity contribution in [2.75, 3.05) is 23.5 Å². The Hall–Kier alpha value is -2.13. The van der Waals surface area contributed by atoms with Gasteiger partial charge in [-0.25, -0.2) is 13.2 Å². The van der Waals surface area contributed by atoms with Crippen LogP contribution in [0.1, 0.15) is 16.9 Å². The molecule has 1 aromatic carbocycles. The third-order valence-electron chi connectivity index (χ3n) is 3.95. The van der Waals surface area contributed by atoms with Crippen LogP contribution in [0, 0.1) is 0 Å². The quantitative estimate of drug-likeness (QED) is 0.863. The molecule has 1 fully saturated rings. The largest absolute Gasteiger partial charge is 0.476 e. The number of rotatable bonds is 4. The van der Waals surface area contributed by atoms with Crippen LogP contribution in [0.25, 0.3) is 5.69 Å². The fourth-order valence-electron chi connectivity index (χ4n) is 2.62. The molecule has 24 heavy (non-hydrogen) atoms. The minimum absolute atomic E-state index is 0.0175. The van der Waals surface area contributed by atoms with Crippen molar-refractivity contribution in [1.29, 1.82) is 0 Å². The number of carbonyl (C=O) groups is 1. The van der Waals surface area contributed by atoms with Gasteiger partial charge in [0.15, 0.2) is 15.7 Å². The van der Waals surface area contributed by atoms with E-state index in [2.05, 4.69) is 10.2 Å². The lowest BCUT2D eigenvalue weighted by molar-refractivity contribution is 0.0690. The van der Waals surface area contributed by atoms with Crippen molar-refractivity contribution in [3.8, 4) is 5.69 Å². The fraction of sp³-hybridized carbons (Fsp3) is 0.357. The number of hydrogen-bond acceptors (Lipinski definition) is 6. The molecule has 0 aliphatic carbocycles. The van der Waals surface area contributed by atoms with Crippen molar-refractivity contribution < 1.29 is 18.3 Å². The Morgan fingerprint density at radius 1 is 1.33 bits per heavy atom. The van der Waals surface area contributed by atoms with E-state index in [0.29, 0.717) is 17.1 Å². The van der Waals surface area contributed by atoms with Crippen LogP contribution in [0.2, 0.25) is 5.02 Å². The number of anilines is 1. The number of hydrogen-bond donors (Lipinski definition) is 1. The lowest BCUT2D eigenvalue weighted by atomic mass is 10.2. The van der Waals surface area contributed by atoms with Crippen LogP contribution >= 0.6 is 11.6 Å². The number of aromatic carboxylic acids is 1. The highest BCUT2D eigenvalue weighted by atomic mass is 35.5. The second-order valence-corrected chi connectivity index (χ2v) is 8.28. The molecule has 1 atom stereocenters. The molecular formula is C14H15ClN4O4S. The molecular weight excluding hydrogens is 356 g/mol. The van der Waals surface area contributed by atoms with E-state index in [1.54, 1.807) is 36.2 Å². The highest BCUT2D eigenvalue weighted by Crippen LogP contribution is 2.24. The fourth-order valence-corrected chi connectivity index (χ4v) is 4.52. The van der Waals surface area contributed by atoms with Crippen LogP contribution in [0.4, 0.5) is 5.82 Å². The Balaban J connectivity index is 1.98. The van der Waals surface area contributed by atoms with E-state index in [4.69, 9.17) is 11.6 Å². The van der Waals surface area contributed by atoms with Gasteiger partial charge in [-0.2, -0.15) is 0 Å². The predicted molar refractivity (Wildman–Crippen MR) is 88.8 cm³/mol. The first-order valence-electron chi connectivity index (χ1n) is 7.17. The highest BCUT2D eigenvalue weighted by Gasteiger charge is 2.34. The van der Waals surface area contributed by atoms with Gasteiger partial charge in [-0.1, -0.05) is 11.6 Å². The van der Waals surface area contributed by atoms with Gasteiger partial charge in [0.2, 0.25) is 5.69 Å². The van der Waals surface area contributed by atoms with Crippen LogP contribution in [0.3, 0.4) is 0 Å². The SMILES string of the molecule is CN(c1nn(-c2ccc(Cl)cc2)nc1C(=O)O)C1CCS(=O)(=O)C1. The summed E-state index contributed by atoms with van der Waals surface area (Å²) >= 11 is 5.84. The van der Waals surface area contributed by atoms with Crippen molar-refractivity contribution in [2.24, 2.45) is 0 Å². The number of carboxylic acid groups (broad SMARTS) is 1. The molecule has 1 saturated heterocycles. The van der Waals surface area contributed by atoms with E-state index in [-0.39, 0.29) is 29.1 Å². The molecule has 0 radical (unpaired) electrons. The second-order valence-electron chi connectivity index (χ2n) is 5.61. The number of nitrogens with zero attached hydrogens (tertiary/aromatic N) is 4. The number of benzene rings is 1. The maximum Gasteiger partial charge on any atom is 0.360 e. The van der Waals surface area contributed by atoms with Gasteiger partial charge in [-0.3, -0.25) is 0 Å². The lowest BCUT2D eigenvalue weighted by Crippen LogP contribution is -2.34. The average molecular weight is 371 g/mol. The molecule has 0 spiro atoms. The lowest BCUT2D eigenvalue weighted by Gasteiger charge is -2.22. The van der Waals surface area contributed by atoms with Gasteiger partial charge in [0.05, 0.1) is 17.2 Å². The number of aromatic nitrogens is 3. The van der Waals surface area contributed by atoms with Gasteiger partial charge in [-0.15, -0.1) is 15.0 Å². The van der Waals surface area contributed by atoms with E-state index < -0.39 is 15.8 Å². The zero-order valence-electron chi connectivity index (χ0n) is 12.8. The van der Waals surface area contributed by atoms with Gasteiger partial charge in [0.1, 0.15) is 0 Å². The van der Waals surface area contributed by atoms with Crippen LogP contribution < -0.4 is 4.90 Å². The van der Waals surface area contributed by atoms with Gasteiger partial charge < -0.3 is 10.0 Å². The minimum atomic E-state index is -3.09. The molecule has 128 valence electrons. The summed E-state index contributed by atoms with van der Waals surface area (Å²) in [4.78, 5) is 14.3. The monoisotopic (exact) mass is 370 g/mol. The van der Waals surface area contributed by atoms with Crippen molar-refractivity contribution in [3.63, 3.8) is 0 Å². The first-order chi connectivity index (χ1) is 11.3. The summed E-state index contributed by atoms with van der Waals surface area (Å²) in [5.74, 6) is -1.01. The third-order valence-corrected chi connectivity index (χ3v) is 5.95. The van der Waals surface area contributed by atoms with E-state index in [1.165, 1.54) is 4.80 Å². The molecule has 1 aliphatic rings. The molecule has 3 rings (SSSR count). The van der Waals surface area contributed by atoms with Crippen LogP contribution in [0.15, 0.2) is 24.3 Å². The summed E-state index contributed by atoms with van der Waals surface area (Å²) in [6, 6.07) is 6.31. The summed E-state index contributed by atoms with van der Waals surface area (Å²) in [5, 5.41) is 18.2. The molecule has 10 heteroatoms. The molecule has 2 heterocycles. The predicted octanol–water partition coefficient (Wildman–Crippen LogP) is 1.24. The van der Waals surface area contributed by atoms with Gasteiger partial charge in [-0.05, 0) is 30.7 Å². The molecule has 2 aromatic rings. The molecule has 0 amide bonds. The Labute approximate surface area is 143 Å². The van der Waals surface area contributed by atoms with Crippen molar-refractivity contribution in [1.82, 2.24) is 15.0 Å². The van der Waals surface area contributed by atoms with Crippen LogP contribution in [-0.4, -0.2) is 59.1 Å². The van der Waals surface area contributed by atoms with Crippen LogP contribution in [-0.2, 0) is 9.84 Å². The van der Waals surface area contributed by atoms with Crippen molar-refractivity contribution in [2.45, 2.75) is 12.5 Å². The standard InChI is InChI=1S/C14H15ClN4O4S/c1-18(11-6-7-24(22,23)8-11)13-12(14(20)21)16-19(17-13)10-4-2-9(15)3-5-10/h2-5,11H,6-8H2,1H3,(H,20,21). The first kappa shape index (κ1) is 16.7. The molecule has 1 N–H and O–H groups in total. The number of halogens is 1. The van der Waals surface area contributed by atoms with Crippen LogP contribution in [0.5, 0.6) is 0 Å². The molecule has 8 nitrogen and oxygen atoms in total. The van der Waals surface area contributed by atoms with Gasteiger partial charge >= 0.3 is 5.97 Å². The smallest absolute Gasteiger partial charge is 0.360 e. The Kier molecular flexibility index (Phi) is 4.22. The second kappa shape index (κ2) is 6.06. The van der Waals surface area contributed by atoms with E-state index in [9.17, 15) is 18.3 Å². The van der Waals surface area contributed by atoms with E-state index in [0.717, 1.165) is 0 Å². The zero-order chi connectivity index (χ0) is 17.5. The topological polar surface area (TPSA) is 105 Å². The number of carboxylic acids is 1. The first-order valence-corrected chi connectivity index (χ1v) is 9.36. The summed E-state index contributed by atoms with van der Waals surface area (Å²) in [6.07, 6.45) is 0.436. The summed E-state index contributed by atoms with van der Waals surface area (Å²) in [6.45, 7) is 0. The Bertz CT molecular complexity index is 879. The minimum Gasteiger partial charge on any atom is -0.476 e. The molecule has 0 bridgehead atoms. The maximum atomic E-state index is 11.7. The van der Waals surface area contributed by atoms with E-state index in [1.807, 2.05) is 0 Å². The molecule has 0 saturated carbocycles. The molecule has 1 aromatic heterocycles. The van der Waals surface area contributed by atoms with E-state index >= 15 is 0 Å². The zero-order valence-corrected chi connectivity index (χ0v) is 14.3. The Morgan fingerprint density at radius 3 is 2.54 bits per heavy atom. The number of sulfone groups is 1. The van der Waals surface area contributed by atoms with Gasteiger partial charge in [0.25, 0.3) is 0 Å². The normalized spacial score (nSPS) is 19.3. The highest BCUT2D eigenvalue weighted by molar-refractivity contribution is 7.91. The molecule has 1 unspecified atom stereocenters. The third kappa shape index (κ3) is 3.22. The molecule has 1 aliphatic heterocycles.